The summed E-state index contributed by atoms with van der Waals surface area (Å²) >= 11 is 1.46. The van der Waals surface area contributed by atoms with Crippen LogP contribution in [0.25, 0.3) is 10.6 Å². The Morgan fingerprint density at radius 1 is 0.941 bits per heavy atom. The number of amides is 1. The number of nitrogens with zero attached hydrogens (tertiary/aromatic N) is 6. The summed E-state index contributed by atoms with van der Waals surface area (Å²) in [4.78, 5) is 35.8. The highest BCUT2D eigenvalue weighted by molar-refractivity contribution is 7.17. The normalized spacial score (nSPS) is 13.7. The minimum atomic E-state index is 0.0485. The van der Waals surface area contributed by atoms with E-state index in [1.54, 1.807) is 12.5 Å². The van der Waals surface area contributed by atoms with E-state index in [2.05, 4.69) is 30.2 Å². The van der Waals surface area contributed by atoms with Crippen molar-refractivity contribution >= 4 is 34.7 Å². The minimum Gasteiger partial charge on any atom is -0.353 e. The van der Waals surface area contributed by atoms with Crippen molar-refractivity contribution in [3.8, 4) is 10.6 Å². The fraction of sp³-hybridized carbons (Fsp3) is 0.240. The number of carbonyl (C=O) groups is 1. The number of carbonyl (C=O) groups excluding carboxylic acids is 1. The summed E-state index contributed by atoms with van der Waals surface area (Å²) in [6.45, 7) is 6.59. The molecule has 0 unspecified atom stereocenters. The van der Waals surface area contributed by atoms with Gasteiger partial charge in [0.15, 0.2) is 0 Å². The maximum Gasteiger partial charge on any atom is 0.265 e. The molecule has 0 saturated carbocycles. The Morgan fingerprint density at radius 3 is 2.47 bits per heavy atom. The van der Waals surface area contributed by atoms with E-state index in [1.807, 2.05) is 67.3 Å². The number of anilines is 3. The van der Waals surface area contributed by atoms with E-state index in [0.29, 0.717) is 36.9 Å². The highest BCUT2D eigenvalue weighted by atomic mass is 32.1. The van der Waals surface area contributed by atoms with Gasteiger partial charge in [0.2, 0.25) is 0 Å². The van der Waals surface area contributed by atoms with E-state index in [4.69, 9.17) is 0 Å². The van der Waals surface area contributed by atoms with Crippen LogP contribution in [0.4, 0.5) is 17.5 Å². The molecular weight excluding hydrogens is 446 g/mol. The van der Waals surface area contributed by atoms with E-state index in [-0.39, 0.29) is 5.91 Å². The van der Waals surface area contributed by atoms with E-state index in [1.165, 1.54) is 11.3 Å². The zero-order valence-electron chi connectivity index (χ0n) is 19.1. The molecule has 3 aromatic heterocycles. The molecule has 4 heterocycles. The standard InChI is InChI=1S/C25H25N7OS/c1-17-8-9-26-20(14-17)30-21-15-22(28-16-27-21)31-10-12-32(13-11-31)25(33)23-18(2)29-24(34-23)19-6-4-3-5-7-19/h3-9,14-16H,10-13H2,1-2H3,(H,26,27,28,30). The molecule has 0 radical (unpaired) electrons. The van der Waals surface area contributed by atoms with Crippen molar-refractivity contribution < 1.29 is 4.79 Å². The van der Waals surface area contributed by atoms with Crippen LogP contribution < -0.4 is 10.2 Å². The summed E-state index contributed by atoms with van der Waals surface area (Å²) in [5.74, 6) is 2.31. The number of aryl methyl sites for hydroxylation is 2. The molecule has 1 aromatic carbocycles. The summed E-state index contributed by atoms with van der Waals surface area (Å²) in [6, 6.07) is 15.8. The average molecular weight is 472 g/mol. The van der Waals surface area contributed by atoms with Crippen molar-refractivity contribution in [1.29, 1.82) is 0 Å². The van der Waals surface area contributed by atoms with Gasteiger partial charge in [-0.1, -0.05) is 30.3 Å². The van der Waals surface area contributed by atoms with Crippen LogP contribution in [0.15, 0.2) is 61.1 Å². The van der Waals surface area contributed by atoms with Crippen LogP contribution in [0.5, 0.6) is 0 Å². The molecule has 1 aliphatic heterocycles. The molecule has 4 aromatic rings. The third kappa shape index (κ3) is 4.74. The monoisotopic (exact) mass is 471 g/mol. The Bertz CT molecular complexity index is 1300. The van der Waals surface area contributed by atoms with Crippen molar-refractivity contribution in [2.45, 2.75) is 13.8 Å². The summed E-state index contributed by atoms with van der Waals surface area (Å²) in [5, 5.41) is 4.11. The van der Waals surface area contributed by atoms with E-state index >= 15 is 0 Å². The SMILES string of the molecule is Cc1ccnc(Nc2cc(N3CCN(C(=O)c4sc(-c5ccccc5)nc4C)CC3)ncn2)c1. The van der Waals surface area contributed by atoms with Crippen LogP contribution in [0.1, 0.15) is 20.9 Å². The van der Waals surface area contributed by atoms with Crippen molar-refractivity contribution in [1.82, 2.24) is 24.8 Å². The third-order valence-electron chi connectivity index (χ3n) is 5.73. The second-order valence-corrected chi connectivity index (χ2v) is 9.18. The van der Waals surface area contributed by atoms with Gasteiger partial charge in [0.25, 0.3) is 5.91 Å². The van der Waals surface area contributed by atoms with Crippen LogP contribution in [0.2, 0.25) is 0 Å². The van der Waals surface area contributed by atoms with Gasteiger partial charge in [-0.15, -0.1) is 11.3 Å². The van der Waals surface area contributed by atoms with E-state index < -0.39 is 0 Å². The van der Waals surface area contributed by atoms with Gasteiger partial charge in [-0.05, 0) is 31.5 Å². The Labute approximate surface area is 202 Å². The first kappa shape index (κ1) is 22.0. The highest BCUT2D eigenvalue weighted by Crippen LogP contribution is 2.29. The molecule has 8 nitrogen and oxygen atoms in total. The first-order valence-corrected chi connectivity index (χ1v) is 12.0. The maximum absolute atomic E-state index is 13.2. The number of thiazole rings is 1. The Hall–Kier alpha value is -3.85. The summed E-state index contributed by atoms with van der Waals surface area (Å²) in [6.07, 6.45) is 3.32. The van der Waals surface area contributed by atoms with Gasteiger partial charge in [-0.25, -0.2) is 19.9 Å². The number of aromatic nitrogens is 4. The van der Waals surface area contributed by atoms with Gasteiger partial charge in [-0.3, -0.25) is 4.79 Å². The van der Waals surface area contributed by atoms with Gasteiger partial charge in [0.1, 0.15) is 33.7 Å². The number of benzene rings is 1. The molecule has 1 N–H and O–H groups in total. The summed E-state index contributed by atoms with van der Waals surface area (Å²) < 4.78 is 0. The van der Waals surface area contributed by atoms with Crippen molar-refractivity contribution in [3.63, 3.8) is 0 Å². The molecular formula is C25H25N7OS. The van der Waals surface area contributed by atoms with Gasteiger partial charge in [0.05, 0.1) is 5.69 Å². The Morgan fingerprint density at radius 2 is 1.71 bits per heavy atom. The molecule has 1 amide bonds. The van der Waals surface area contributed by atoms with Crippen LogP contribution in [0, 0.1) is 13.8 Å². The lowest BCUT2D eigenvalue weighted by molar-refractivity contribution is 0.0750. The Kier molecular flexibility index (Phi) is 6.18. The predicted octanol–water partition coefficient (Wildman–Crippen LogP) is 4.32. The lowest BCUT2D eigenvalue weighted by atomic mass is 10.2. The topological polar surface area (TPSA) is 87.1 Å². The largest absolute Gasteiger partial charge is 0.353 e. The number of piperazine rings is 1. The van der Waals surface area contributed by atoms with Crippen molar-refractivity contribution in [2.24, 2.45) is 0 Å². The second kappa shape index (κ2) is 9.56. The van der Waals surface area contributed by atoms with E-state index in [0.717, 1.165) is 33.5 Å². The van der Waals surface area contributed by atoms with E-state index in [9.17, 15) is 4.79 Å². The maximum atomic E-state index is 13.2. The smallest absolute Gasteiger partial charge is 0.265 e. The summed E-state index contributed by atoms with van der Waals surface area (Å²) in [7, 11) is 0. The molecule has 0 atom stereocenters. The molecule has 1 saturated heterocycles. The fourth-order valence-electron chi connectivity index (χ4n) is 3.91. The molecule has 0 spiro atoms. The number of hydrogen-bond donors (Lipinski definition) is 1. The zero-order valence-corrected chi connectivity index (χ0v) is 19.9. The lowest BCUT2D eigenvalue weighted by Gasteiger charge is -2.35. The van der Waals surface area contributed by atoms with Crippen LogP contribution in [-0.4, -0.2) is 56.9 Å². The van der Waals surface area contributed by atoms with Crippen LogP contribution in [-0.2, 0) is 0 Å². The predicted molar refractivity (Wildman–Crippen MR) is 135 cm³/mol. The molecule has 0 bridgehead atoms. The molecule has 1 aliphatic rings. The molecule has 34 heavy (non-hydrogen) atoms. The zero-order chi connectivity index (χ0) is 23.5. The second-order valence-electron chi connectivity index (χ2n) is 8.18. The van der Waals surface area contributed by atoms with Crippen molar-refractivity contribution in [3.05, 3.63) is 77.2 Å². The molecule has 1 fully saturated rings. The highest BCUT2D eigenvalue weighted by Gasteiger charge is 2.26. The van der Waals surface area contributed by atoms with Crippen molar-refractivity contribution in [2.75, 3.05) is 36.4 Å². The average Bonchev–Trinajstić information content (AvgIpc) is 3.26. The quantitative estimate of drug-likeness (QED) is 0.464. The third-order valence-corrected chi connectivity index (χ3v) is 6.92. The van der Waals surface area contributed by atoms with Crippen LogP contribution >= 0.6 is 11.3 Å². The summed E-state index contributed by atoms with van der Waals surface area (Å²) in [5.41, 5.74) is 2.95. The fourth-order valence-corrected chi connectivity index (χ4v) is 4.95. The van der Waals surface area contributed by atoms with Gasteiger partial charge in [-0.2, -0.15) is 0 Å². The van der Waals surface area contributed by atoms with Gasteiger partial charge in [0, 0.05) is 44.0 Å². The van der Waals surface area contributed by atoms with Gasteiger partial charge >= 0.3 is 0 Å². The number of pyridine rings is 1. The lowest BCUT2D eigenvalue weighted by Crippen LogP contribution is -2.49. The molecule has 5 rings (SSSR count). The number of hydrogen-bond acceptors (Lipinski definition) is 8. The Balaban J connectivity index is 1.24. The molecule has 0 aliphatic carbocycles. The first-order chi connectivity index (χ1) is 16.6. The molecule has 172 valence electrons. The minimum absolute atomic E-state index is 0.0485. The molecule has 9 heteroatoms. The number of rotatable bonds is 5. The van der Waals surface area contributed by atoms with Gasteiger partial charge < -0.3 is 15.1 Å². The first-order valence-electron chi connectivity index (χ1n) is 11.2. The number of nitrogens with one attached hydrogen (secondary N) is 1. The van der Waals surface area contributed by atoms with Crippen LogP contribution in [0.3, 0.4) is 0 Å².